The third-order valence-corrected chi connectivity index (χ3v) is 4.53. The number of hydrogen-bond donors (Lipinski definition) is 0. The van der Waals surface area contributed by atoms with E-state index < -0.39 is 23.5 Å². The van der Waals surface area contributed by atoms with Crippen LogP contribution in [0.3, 0.4) is 0 Å². The lowest BCUT2D eigenvalue weighted by Gasteiger charge is -2.43. The first-order valence-corrected chi connectivity index (χ1v) is 8.58. The lowest BCUT2D eigenvalue weighted by atomic mass is 9.94. The Hall–Kier alpha value is -1.88. The maximum absolute atomic E-state index is 12.8. The number of hydrogen-bond acceptors (Lipinski definition) is 4. The SMILES string of the molecule is CC(C)(C)OC(=O)N1C(=O)CC2(CCCC2)O[C@@H]1c1ccccc1. The average molecular weight is 331 g/mol. The molecule has 3 rings (SSSR count). The van der Waals surface area contributed by atoms with Crippen molar-refractivity contribution in [3.8, 4) is 0 Å². The predicted octanol–water partition coefficient (Wildman–Crippen LogP) is 4.18. The first-order chi connectivity index (χ1) is 11.3. The van der Waals surface area contributed by atoms with Gasteiger partial charge in [-0.1, -0.05) is 43.2 Å². The van der Waals surface area contributed by atoms with Gasteiger partial charge in [-0.05, 0) is 33.6 Å². The van der Waals surface area contributed by atoms with Crippen LogP contribution >= 0.6 is 0 Å². The van der Waals surface area contributed by atoms with Crippen molar-refractivity contribution in [3.63, 3.8) is 0 Å². The van der Waals surface area contributed by atoms with E-state index in [9.17, 15) is 9.59 Å². The number of imide groups is 1. The summed E-state index contributed by atoms with van der Waals surface area (Å²) in [5, 5.41) is 0. The van der Waals surface area contributed by atoms with Gasteiger partial charge in [0.1, 0.15) is 5.60 Å². The quantitative estimate of drug-likeness (QED) is 0.774. The molecule has 1 heterocycles. The van der Waals surface area contributed by atoms with Gasteiger partial charge in [-0.3, -0.25) is 4.79 Å². The summed E-state index contributed by atoms with van der Waals surface area (Å²) in [6.45, 7) is 5.36. The molecule has 1 aromatic rings. The maximum atomic E-state index is 12.8. The zero-order chi connectivity index (χ0) is 17.4. The van der Waals surface area contributed by atoms with E-state index in [2.05, 4.69) is 0 Å². The molecule has 0 N–H and O–H groups in total. The molecule has 5 nitrogen and oxygen atoms in total. The van der Waals surface area contributed by atoms with E-state index in [1.165, 1.54) is 0 Å². The summed E-state index contributed by atoms with van der Waals surface area (Å²) in [5.74, 6) is -0.216. The molecular weight excluding hydrogens is 306 g/mol. The van der Waals surface area contributed by atoms with Crippen LogP contribution in [-0.4, -0.2) is 28.1 Å². The zero-order valence-electron chi connectivity index (χ0n) is 14.6. The number of carbonyl (C=O) groups is 2. The minimum Gasteiger partial charge on any atom is -0.443 e. The van der Waals surface area contributed by atoms with Gasteiger partial charge in [0.2, 0.25) is 5.91 Å². The Kier molecular flexibility index (Phi) is 4.38. The van der Waals surface area contributed by atoms with Gasteiger partial charge in [-0.15, -0.1) is 0 Å². The number of carbonyl (C=O) groups excluding carboxylic acids is 2. The van der Waals surface area contributed by atoms with Crippen molar-refractivity contribution in [2.45, 2.75) is 70.3 Å². The molecule has 0 radical (unpaired) electrons. The molecule has 1 atom stereocenters. The van der Waals surface area contributed by atoms with Crippen molar-refractivity contribution >= 4 is 12.0 Å². The number of nitrogens with zero attached hydrogens (tertiary/aromatic N) is 1. The van der Waals surface area contributed by atoms with Crippen molar-refractivity contribution in [2.75, 3.05) is 0 Å². The molecule has 1 aliphatic carbocycles. The van der Waals surface area contributed by atoms with E-state index in [-0.39, 0.29) is 12.3 Å². The second kappa shape index (κ2) is 6.20. The van der Waals surface area contributed by atoms with Crippen LogP contribution in [0.4, 0.5) is 4.79 Å². The van der Waals surface area contributed by atoms with Gasteiger partial charge >= 0.3 is 6.09 Å². The topological polar surface area (TPSA) is 55.8 Å². The highest BCUT2D eigenvalue weighted by Gasteiger charge is 2.49. The van der Waals surface area contributed by atoms with Gasteiger partial charge in [0.05, 0.1) is 12.0 Å². The summed E-state index contributed by atoms with van der Waals surface area (Å²) in [6.07, 6.45) is 2.72. The van der Waals surface area contributed by atoms with Gasteiger partial charge < -0.3 is 9.47 Å². The molecule has 1 aromatic carbocycles. The highest BCUT2D eigenvalue weighted by Crippen LogP contribution is 2.45. The lowest BCUT2D eigenvalue weighted by Crippen LogP contribution is -2.53. The van der Waals surface area contributed by atoms with E-state index in [0.29, 0.717) is 0 Å². The minimum absolute atomic E-state index is 0.216. The normalized spacial score (nSPS) is 23.5. The van der Waals surface area contributed by atoms with Crippen molar-refractivity contribution in [1.29, 1.82) is 0 Å². The van der Waals surface area contributed by atoms with Crippen LogP contribution in [0.25, 0.3) is 0 Å². The van der Waals surface area contributed by atoms with E-state index >= 15 is 0 Å². The number of benzene rings is 1. The van der Waals surface area contributed by atoms with Crippen molar-refractivity contribution < 1.29 is 19.1 Å². The predicted molar refractivity (Wildman–Crippen MR) is 89.2 cm³/mol. The van der Waals surface area contributed by atoms with Crippen molar-refractivity contribution in [3.05, 3.63) is 35.9 Å². The second-order valence-electron chi connectivity index (χ2n) is 7.69. The van der Waals surface area contributed by atoms with Crippen LogP contribution in [0.2, 0.25) is 0 Å². The molecule has 1 spiro atoms. The highest BCUT2D eigenvalue weighted by atomic mass is 16.6. The van der Waals surface area contributed by atoms with E-state index in [1.54, 1.807) is 20.8 Å². The first-order valence-electron chi connectivity index (χ1n) is 8.58. The number of ether oxygens (including phenoxy) is 2. The molecule has 2 aliphatic rings. The average Bonchev–Trinajstić information content (AvgIpc) is 2.93. The van der Waals surface area contributed by atoms with E-state index in [1.807, 2.05) is 30.3 Å². The van der Waals surface area contributed by atoms with Crippen LogP contribution in [-0.2, 0) is 14.3 Å². The molecule has 2 fully saturated rings. The van der Waals surface area contributed by atoms with Crippen LogP contribution < -0.4 is 0 Å². The fourth-order valence-electron chi connectivity index (χ4n) is 3.48. The van der Waals surface area contributed by atoms with Gasteiger partial charge in [-0.25, -0.2) is 9.69 Å². The van der Waals surface area contributed by atoms with E-state index in [4.69, 9.17) is 9.47 Å². The summed E-state index contributed by atoms with van der Waals surface area (Å²) in [5.41, 5.74) is -0.306. The molecule has 1 aliphatic heterocycles. The largest absolute Gasteiger partial charge is 0.443 e. The summed E-state index contributed by atoms with van der Waals surface area (Å²) in [7, 11) is 0. The molecule has 24 heavy (non-hydrogen) atoms. The standard InChI is InChI=1S/C19H25NO4/c1-18(2,3)24-17(22)20-15(21)13-19(11-7-8-12-19)23-16(20)14-9-5-4-6-10-14/h4-6,9-10,16H,7-8,11-13H2,1-3H3/t16-/m1/s1. The number of amides is 2. The molecule has 1 saturated carbocycles. The van der Waals surface area contributed by atoms with Gasteiger partial charge in [0, 0.05) is 5.56 Å². The smallest absolute Gasteiger partial charge is 0.419 e. The summed E-state index contributed by atoms with van der Waals surface area (Å²) in [6, 6.07) is 9.42. The molecule has 1 saturated heterocycles. The van der Waals surface area contributed by atoms with Crippen LogP contribution in [0.1, 0.15) is 64.7 Å². The highest BCUT2D eigenvalue weighted by molar-refractivity contribution is 5.93. The third-order valence-electron chi connectivity index (χ3n) is 4.53. The fraction of sp³-hybridized carbons (Fsp3) is 0.579. The Bertz CT molecular complexity index is 614. The molecule has 2 amide bonds. The fourth-order valence-corrected chi connectivity index (χ4v) is 3.48. The summed E-state index contributed by atoms with van der Waals surface area (Å²) < 4.78 is 11.8. The molecule has 0 aromatic heterocycles. The number of rotatable bonds is 1. The Morgan fingerprint density at radius 3 is 2.42 bits per heavy atom. The maximum Gasteiger partial charge on any atom is 0.419 e. The molecule has 130 valence electrons. The molecular formula is C19H25NO4. The van der Waals surface area contributed by atoms with Gasteiger partial charge in [-0.2, -0.15) is 0 Å². The second-order valence-corrected chi connectivity index (χ2v) is 7.69. The molecule has 0 bridgehead atoms. The van der Waals surface area contributed by atoms with E-state index in [0.717, 1.165) is 36.1 Å². The van der Waals surface area contributed by atoms with Gasteiger partial charge in [0.25, 0.3) is 0 Å². The zero-order valence-corrected chi connectivity index (χ0v) is 14.6. The monoisotopic (exact) mass is 331 g/mol. The van der Waals surface area contributed by atoms with Crippen LogP contribution in [0.5, 0.6) is 0 Å². The minimum atomic E-state index is -0.722. The lowest BCUT2D eigenvalue weighted by molar-refractivity contribution is -0.198. The Morgan fingerprint density at radius 2 is 1.83 bits per heavy atom. The van der Waals surface area contributed by atoms with Gasteiger partial charge in [0.15, 0.2) is 6.23 Å². The Balaban J connectivity index is 1.93. The molecule has 5 heteroatoms. The summed E-state index contributed by atoms with van der Waals surface area (Å²) >= 11 is 0. The Morgan fingerprint density at radius 1 is 1.21 bits per heavy atom. The Labute approximate surface area is 142 Å². The van der Waals surface area contributed by atoms with Crippen LogP contribution in [0.15, 0.2) is 30.3 Å². The molecule has 0 unspecified atom stereocenters. The first kappa shape index (κ1) is 17.0. The summed E-state index contributed by atoms with van der Waals surface area (Å²) in [4.78, 5) is 26.6. The third kappa shape index (κ3) is 3.46. The van der Waals surface area contributed by atoms with Crippen LogP contribution in [0, 0.1) is 0 Å². The van der Waals surface area contributed by atoms with Crippen molar-refractivity contribution in [1.82, 2.24) is 4.90 Å². The van der Waals surface area contributed by atoms with Crippen molar-refractivity contribution in [2.24, 2.45) is 0 Å².